The molecule has 84 valence electrons. The van der Waals surface area contributed by atoms with Gasteiger partial charge in [-0.2, -0.15) is 0 Å². The van der Waals surface area contributed by atoms with Gasteiger partial charge in [0.2, 0.25) is 0 Å². The number of benzene rings is 1. The Bertz CT molecular complexity index is 455. The molecule has 0 N–H and O–H groups in total. The SMILES string of the molecule is CC(C)c1c(F)cc(S(C)(=O)=O)cc1F. The maximum atomic E-state index is 13.4. The summed E-state index contributed by atoms with van der Waals surface area (Å²) in [4.78, 5) is -0.332. The average molecular weight is 234 g/mol. The molecule has 1 rings (SSSR count). The van der Waals surface area contributed by atoms with Crippen LogP contribution in [0.15, 0.2) is 17.0 Å². The summed E-state index contributed by atoms with van der Waals surface area (Å²) in [5, 5.41) is 0. The van der Waals surface area contributed by atoms with Crippen LogP contribution < -0.4 is 0 Å². The van der Waals surface area contributed by atoms with Crippen molar-refractivity contribution in [3.8, 4) is 0 Å². The van der Waals surface area contributed by atoms with Gasteiger partial charge in [-0.25, -0.2) is 17.2 Å². The zero-order chi connectivity index (χ0) is 11.8. The minimum Gasteiger partial charge on any atom is -0.224 e. The van der Waals surface area contributed by atoms with Crippen LogP contribution in [0.25, 0.3) is 0 Å². The summed E-state index contributed by atoms with van der Waals surface area (Å²) in [6.07, 6.45) is 0.913. The van der Waals surface area contributed by atoms with Crippen LogP contribution in [0.4, 0.5) is 8.78 Å². The number of hydrogen-bond donors (Lipinski definition) is 0. The smallest absolute Gasteiger partial charge is 0.175 e. The first-order valence-electron chi connectivity index (χ1n) is 4.42. The number of rotatable bonds is 2. The molecule has 0 aliphatic carbocycles. The van der Waals surface area contributed by atoms with Crippen molar-refractivity contribution in [2.24, 2.45) is 0 Å². The highest BCUT2D eigenvalue weighted by Crippen LogP contribution is 2.25. The van der Waals surface area contributed by atoms with E-state index in [9.17, 15) is 17.2 Å². The molecule has 0 aliphatic rings. The monoisotopic (exact) mass is 234 g/mol. The Labute approximate surface area is 87.8 Å². The quantitative estimate of drug-likeness (QED) is 0.787. The highest BCUT2D eigenvalue weighted by Gasteiger charge is 2.18. The molecule has 0 aromatic heterocycles. The van der Waals surface area contributed by atoms with Gasteiger partial charge in [0.15, 0.2) is 9.84 Å². The molecule has 0 heterocycles. The lowest BCUT2D eigenvalue weighted by molar-refractivity contribution is 0.533. The van der Waals surface area contributed by atoms with E-state index in [0.717, 1.165) is 18.4 Å². The van der Waals surface area contributed by atoms with Gasteiger partial charge in [-0.05, 0) is 18.1 Å². The Morgan fingerprint density at radius 1 is 1.13 bits per heavy atom. The standard InChI is InChI=1S/C10H12F2O2S/c1-6(2)10-8(11)4-7(5-9(10)12)15(3,13)14/h4-6H,1-3H3. The van der Waals surface area contributed by atoms with E-state index in [1.807, 2.05) is 0 Å². The van der Waals surface area contributed by atoms with Crippen molar-refractivity contribution in [1.82, 2.24) is 0 Å². The molecule has 0 radical (unpaired) electrons. The Kier molecular flexibility index (Phi) is 3.13. The van der Waals surface area contributed by atoms with Gasteiger partial charge in [-0.15, -0.1) is 0 Å². The van der Waals surface area contributed by atoms with Crippen LogP contribution in [0.5, 0.6) is 0 Å². The molecule has 15 heavy (non-hydrogen) atoms. The van der Waals surface area contributed by atoms with Gasteiger partial charge >= 0.3 is 0 Å². The summed E-state index contributed by atoms with van der Waals surface area (Å²) in [7, 11) is -3.57. The van der Waals surface area contributed by atoms with Crippen molar-refractivity contribution in [1.29, 1.82) is 0 Å². The fourth-order valence-corrected chi connectivity index (χ4v) is 1.96. The van der Waals surface area contributed by atoms with Crippen molar-refractivity contribution in [2.45, 2.75) is 24.7 Å². The van der Waals surface area contributed by atoms with Gasteiger partial charge in [0.25, 0.3) is 0 Å². The zero-order valence-corrected chi connectivity index (χ0v) is 9.53. The fourth-order valence-electron chi connectivity index (χ4n) is 1.33. The number of hydrogen-bond acceptors (Lipinski definition) is 2. The molecular weight excluding hydrogens is 222 g/mol. The summed E-state index contributed by atoms with van der Waals surface area (Å²) in [6.45, 7) is 3.28. The topological polar surface area (TPSA) is 34.1 Å². The minimum absolute atomic E-state index is 0.0811. The van der Waals surface area contributed by atoms with Crippen molar-refractivity contribution in [2.75, 3.05) is 6.26 Å². The van der Waals surface area contributed by atoms with Crippen LogP contribution in [0.2, 0.25) is 0 Å². The van der Waals surface area contributed by atoms with Gasteiger partial charge in [0.1, 0.15) is 11.6 Å². The van der Waals surface area contributed by atoms with Gasteiger partial charge in [0.05, 0.1) is 4.90 Å². The molecule has 1 aromatic rings. The van der Waals surface area contributed by atoms with Gasteiger partial charge < -0.3 is 0 Å². The summed E-state index contributed by atoms with van der Waals surface area (Å²) < 4.78 is 48.9. The molecule has 0 fully saturated rings. The molecule has 0 atom stereocenters. The summed E-state index contributed by atoms with van der Waals surface area (Å²) >= 11 is 0. The third-order valence-electron chi connectivity index (χ3n) is 2.06. The van der Waals surface area contributed by atoms with E-state index < -0.39 is 21.5 Å². The number of sulfone groups is 1. The second-order valence-electron chi connectivity index (χ2n) is 3.73. The van der Waals surface area contributed by atoms with Gasteiger partial charge in [0, 0.05) is 11.8 Å². The van der Waals surface area contributed by atoms with Gasteiger partial charge in [-0.1, -0.05) is 13.8 Å². The predicted octanol–water partition coefficient (Wildman–Crippen LogP) is 2.49. The predicted molar refractivity (Wildman–Crippen MR) is 53.6 cm³/mol. The lowest BCUT2D eigenvalue weighted by Crippen LogP contribution is -2.04. The maximum Gasteiger partial charge on any atom is 0.175 e. The summed E-state index contributed by atoms with van der Waals surface area (Å²) in [6, 6.07) is 1.71. The zero-order valence-electron chi connectivity index (χ0n) is 8.71. The van der Waals surface area contributed by atoms with Gasteiger partial charge in [-0.3, -0.25) is 0 Å². The van der Waals surface area contributed by atoms with Crippen molar-refractivity contribution in [3.63, 3.8) is 0 Å². The molecule has 0 saturated heterocycles. The Balaban J connectivity index is 3.45. The highest BCUT2D eigenvalue weighted by molar-refractivity contribution is 7.90. The summed E-state index contributed by atoms with van der Waals surface area (Å²) in [5.41, 5.74) is -0.0811. The third kappa shape index (κ3) is 2.53. The largest absolute Gasteiger partial charge is 0.224 e. The number of halogens is 2. The van der Waals surface area contributed by atoms with Crippen LogP contribution in [-0.2, 0) is 9.84 Å². The van der Waals surface area contributed by atoms with E-state index in [1.54, 1.807) is 13.8 Å². The molecule has 1 aromatic carbocycles. The molecule has 0 unspecified atom stereocenters. The maximum absolute atomic E-state index is 13.4. The van der Waals surface area contributed by atoms with E-state index in [4.69, 9.17) is 0 Å². The Morgan fingerprint density at radius 2 is 1.53 bits per heavy atom. The second-order valence-corrected chi connectivity index (χ2v) is 5.74. The fraction of sp³-hybridized carbons (Fsp3) is 0.400. The molecule has 0 aliphatic heterocycles. The molecule has 0 bridgehead atoms. The Morgan fingerprint density at radius 3 is 1.80 bits per heavy atom. The molecule has 0 saturated carbocycles. The second kappa shape index (κ2) is 3.89. The minimum atomic E-state index is -3.57. The van der Waals surface area contributed by atoms with E-state index in [-0.39, 0.29) is 16.4 Å². The van der Waals surface area contributed by atoms with Crippen LogP contribution in [0.1, 0.15) is 25.3 Å². The first-order chi connectivity index (χ1) is 6.73. The van der Waals surface area contributed by atoms with Crippen LogP contribution in [0, 0.1) is 11.6 Å². The van der Waals surface area contributed by atoms with E-state index in [0.29, 0.717) is 0 Å². The molecule has 5 heteroatoms. The molecular formula is C10H12F2O2S. The first kappa shape index (κ1) is 12.1. The third-order valence-corrected chi connectivity index (χ3v) is 3.15. The first-order valence-corrected chi connectivity index (χ1v) is 6.31. The Hall–Kier alpha value is -0.970. The molecule has 0 spiro atoms. The van der Waals surface area contributed by atoms with Crippen LogP contribution in [0.3, 0.4) is 0 Å². The normalized spacial score (nSPS) is 12.1. The summed E-state index contributed by atoms with van der Waals surface area (Å²) in [5.74, 6) is -1.95. The molecule has 0 amide bonds. The van der Waals surface area contributed by atoms with Crippen molar-refractivity contribution >= 4 is 9.84 Å². The lowest BCUT2D eigenvalue weighted by atomic mass is 10.0. The lowest BCUT2D eigenvalue weighted by Gasteiger charge is -2.09. The van der Waals surface area contributed by atoms with E-state index in [1.165, 1.54) is 0 Å². The molecule has 2 nitrogen and oxygen atoms in total. The van der Waals surface area contributed by atoms with E-state index in [2.05, 4.69) is 0 Å². The highest BCUT2D eigenvalue weighted by atomic mass is 32.2. The van der Waals surface area contributed by atoms with Crippen LogP contribution >= 0.6 is 0 Å². The van der Waals surface area contributed by atoms with E-state index >= 15 is 0 Å². The van der Waals surface area contributed by atoms with Crippen molar-refractivity contribution < 1.29 is 17.2 Å². The average Bonchev–Trinajstić information content (AvgIpc) is 1.99. The van der Waals surface area contributed by atoms with Crippen molar-refractivity contribution in [3.05, 3.63) is 29.3 Å². The van der Waals surface area contributed by atoms with Crippen LogP contribution in [-0.4, -0.2) is 14.7 Å².